The third-order valence-corrected chi connectivity index (χ3v) is 5.33. The van der Waals surface area contributed by atoms with Crippen molar-refractivity contribution in [2.24, 2.45) is 7.05 Å². The Morgan fingerprint density at radius 3 is 2.71 bits per heavy atom. The molecule has 1 amide bonds. The SMILES string of the molecule is Cc1c(C(=O)N2CCCN(c3ccccc3Cl)CC2)nnn1-c1cnn(C)c1. The quantitative estimate of drug-likeness (QED) is 0.675. The van der Waals surface area contributed by atoms with Gasteiger partial charge in [0.05, 0.1) is 28.8 Å². The predicted molar refractivity (Wildman–Crippen MR) is 107 cm³/mol. The summed E-state index contributed by atoms with van der Waals surface area (Å²) in [5.41, 5.74) is 2.89. The van der Waals surface area contributed by atoms with Crippen molar-refractivity contribution < 1.29 is 4.79 Å². The van der Waals surface area contributed by atoms with Crippen LogP contribution in [0.15, 0.2) is 36.7 Å². The highest BCUT2D eigenvalue weighted by Crippen LogP contribution is 2.26. The van der Waals surface area contributed by atoms with Gasteiger partial charge in [-0.25, -0.2) is 4.68 Å². The van der Waals surface area contributed by atoms with Gasteiger partial charge in [-0.15, -0.1) is 5.10 Å². The van der Waals surface area contributed by atoms with Crippen LogP contribution in [0.3, 0.4) is 0 Å². The van der Waals surface area contributed by atoms with Gasteiger partial charge in [0.2, 0.25) is 0 Å². The molecule has 0 saturated carbocycles. The van der Waals surface area contributed by atoms with E-state index in [0.717, 1.165) is 35.9 Å². The van der Waals surface area contributed by atoms with E-state index in [0.29, 0.717) is 24.5 Å². The van der Waals surface area contributed by atoms with E-state index in [4.69, 9.17) is 11.6 Å². The molecule has 2 aromatic heterocycles. The largest absolute Gasteiger partial charge is 0.368 e. The van der Waals surface area contributed by atoms with Gasteiger partial charge in [0.1, 0.15) is 5.69 Å². The average molecular weight is 400 g/mol. The maximum Gasteiger partial charge on any atom is 0.276 e. The number of nitrogens with zero attached hydrogens (tertiary/aromatic N) is 7. The van der Waals surface area contributed by atoms with Crippen LogP contribution in [0, 0.1) is 6.92 Å². The summed E-state index contributed by atoms with van der Waals surface area (Å²) in [6, 6.07) is 7.82. The van der Waals surface area contributed by atoms with Crippen LogP contribution in [0.2, 0.25) is 5.02 Å². The second-order valence-corrected chi connectivity index (χ2v) is 7.30. The van der Waals surface area contributed by atoms with Crippen LogP contribution in [-0.4, -0.2) is 61.8 Å². The fourth-order valence-corrected chi connectivity index (χ4v) is 3.76. The zero-order valence-electron chi connectivity index (χ0n) is 15.9. The molecule has 0 N–H and O–H groups in total. The van der Waals surface area contributed by atoms with Gasteiger partial charge in [0, 0.05) is 33.2 Å². The third-order valence-electron chi connectivity index (χ3n) is 5.01. The van der Waals surface area contributed by atoms with E-state index in [-0.39, 0.29) is 5.91 Å². The number of hydrogen-bond donors (Lipinski definition) is 0. The minimum absolute atomic E-state index is 0.0892. The van der Waals surface area contributed by atoms with Crippen molar-refractivity contribution in [2.45, 2.75) is 13.3 Å². The number of aromatic nitrogens is 5. The molecule has 0 aliphatic carbocycles. The van der Waals surface area contributed by atoms with Crippen molar-refractivity contribution in [3.05, 3.63) is 53.1 Å². The first kappa shape index (κ1) is 18.5. The van der Waals surface area contributed by atoms with E-state index in [1.54, 1.807) is 15.6 Å². The molecule has 0 bridgehead atoms. The molecule has 1 fully saturated rings. The van der Waals surface area contributed by atoms with Gasteiger partial charge in [0.25, 0.3) is 5.91 Å². The van der Waals surface area contributed by atoms with Crippen LogP contribution in [0.1, 0.15) is 22.6 Å². The molecule has 0 radical (unpaired) electrons. The fraction of sp³-hybridized carbons (Fsp3) is 0.368. The van der Waals surface area contributed by atoms with E-state index in [9.17, 15) is 4.79 Å². The summed E-state index contributed by atoms with van der Waals surface area (Å²) in [6.07, 6.45) is 4.40. The Balaban J connectivity index is 1.50. The molecule has 0 unspecified atom stereocenters. The Hall–Kier alpha value is -2.87. The normalized spacial score (nSPS) is 15.0. The van der Waals surface area contributed by atoms with Gasteiger partial charge < -0.3 is 9.80 Å². The monoisotopic (exact) mass is 399 g/mol. The molecule has 146 valence electrons. The van der Waals surface area contributed by atoms with Gasteiger partial charge in [0.15, 0.2) is 5.69 Å². The Labute approximate surface area is 168 Å². The lowest BCUT2D eigenvalue weighted by atomic mass is 10.2. The highest BCUT2D eigenvalue weighted by Gasteiger charge is 2.26. The molecular weight excluding hydrogens is 378 g/mol. The summed E-state index contributed by atoms with van der Waals surface area (Å²) in [5, 5.41) is 13.2. The number of halogens is 1. The van der Waals surface area contributed by atoms with E-state index in [1.165, 1.54) is 0 Å². The van der Waals surface area contributed by atoms with Crippen LogP contribution in [0.4, 0.5) is 5.69 Å². The Morgan fingerprint density at radius 1 is 1.14 bits per heavy atom. The number of aryl methyl sites for hydroxylation is 1. The van der Waals surface area contributed by atoms with Crippen molar-refractivity contribution >= 4 is 23.2 Å². The van der Waals surface area contributed by atoms with E-state index >= 15 is 0 Å². The van der Waals surface area contributed by atoms with Gasteiger partial charge >= 0.3 is 0 Å². The Kier molecular flexibility index (Phi) is 5.04. The number of hydrogen-bond acceptors (Lipinski definition) is 5. The van der Waals surface area contributed by atoms with Crippen LogP contribution in [0.25, 0.3) is 5.69 Å². The van der Waals surface area contributed by atoms with Crippen molar-refractivity contribution in [1.29, 1.82) is 0 Å². The molecule has 4 rings (SSSR count). The van der Waals surface area contributed by atoms with E-state index in [2.05, 4.69) is 20.3 Å². The molecular formula is C19H22ClN7O. The Morgan fingerprint density at radius 2 is 1.96 bits per heavy atom. The number of para-hydroxylation sites is 1. The lowest BCUT2D eigenvalue weighted by Crippen LogP contribution is -2.35. The maximum atomic E-state index is 13.1. The van der Waals surface area contributed by atoms with Crippen LogP contribution in [0.5, 0.6) is 0 Å². The molecule has 1 aliphatic heterocycles. The van der Waals surface area contributed by atoms with Crippen molar-refractivity contribution in [3.63, 3.8) is 0 Å². The summed E-state index contributed by atoms with van der Waals surface area (Å²) in [7, 11) is 1.84. The molecule has 3 aromatic rings. The lowest BCUT2D eigenvalue weighted by molar-refractivity contribution is 0.0760. The molecule has 28 heavy (non-hydrogen) atoms. The number of amides is 1. The number of carbonyl (C=O) groups is 1. The molecule has 8 nitrogen and oxygen atoms in total. The summed E-state index contributed by atoms with van der Waals surface area (Å²) in [4.78, 5) is 17.2. The first-order valence-corrected chi connectivity index (χ1v) is 9.62. The first-order valence-electron chi connectivity index (χ1n) is 9.24. The minimum Gasteiger partial charge on any atom is -0.368 e. The fourth-order valence-electron chi connectivity index (χ4n) is 3.51. The van der Waals surface area contributed by atoms with Crippen molar-refractivity contribution in [1.82, 2.24) is 29.7 Å². The molecule has 0 atom stereocenters. The van der Waals surface area contributed by atoms with E-state index in [1.807, 2.05) is 49.3 Å². The number of rotatable bonds is 3. The summed E-state index contributed by atoms with van der Waals surface area (Å²) < 4.78 is 3.34. The first-order chi connectivity index (χ1) is 13.5. The second kappa shape index (κ2) is 7.63. The zero-order chi connectivity index (χ0) is 19.7. The Bertz CT molecular complexity index is 996. The molecule has 9 heteroatoms. The smallest absolute Gasteiger partial charge is 0.276 e. The number of anilines is 1. The van der Waals surface area contributed by atoms with Gasteiger partial charge in [-0.3, -0.25) is 9.48 Å². The summed E-state index contributed by atoms with van der Waals surface area (Å²) >= 11 is 6.34. The second-order valence-electron chi connectivity index (χ2n) is 6.89. The van der Waals surface area contributed by atoms with Crippen molar-refractivity contribution in [3.8, 4) is 5.69 Å². The maximum absolute atomic E-state index is 13.1. The van der Waals surface area contributed by atoms with Crippen LogP contribution < -0.4 is 4.90 Å². The van der Waals surface area contributed by atoms with Gasteiger partial charge in [-0.05, 0) is 25.5 Å². The average Bonchev–Trinajstić information content (AvgIpc) is 3.19. The van der Waals surface area contributed by atoms with Gasteiger partial charge in [-0.2, -0.15) is 5.10 Å². The predicted octanol–water partition coefficient (Wildman–Crippen LogP) is 2.32. The highest BCUT2D eigenvalue weighted by atomic mass is 35.5. The topological polar surface area (TPSA) is 72.1 Å². The summed E-state index contributed by atoms with van der Waals surface area (Å²) in [6.45, 7) is 4.73. The third kappa shape index (κ3) is 3.47. The number of carbonyl (C=O) groups excluding carboxylic acids is 1. The molecule has 1 aliphatic rings. The zero-order valence-corrected chi connectivity index (χ0v) is 16.7. The standard InChI is InChI=1S/C19H22ClN7O/c1-14-18(22-23-27(14)15-12-21-24(2)13-15)19(28)26-9-5-8-25(10-11-26)17-7-4-3-6-16(17)20/h3-4,6-7,12-13H,5,8-11H2,1-2H3. The molecule has 0 spiro atoms. The molecule has 1 aromatic carbocycles. The molecule has 3 heterocycles. The number of benzene rings is 1. The van der Waals surface area contributed by atoms with E-state index < -0.39 is 0 Å². The van der Waals surface area contributed by atoms with Crippen LogP contribution >= 0.6 is 11.6 Å². The molecule has 1 saturated heterocycles. The van der Waals surface area contributed by atoms with Gasteiger partial charge in [-0.1, -0.05) is 28.9 Å². The lowest BCUT2D eigenvalue weighted by Gasteiger charge is -2.24. The van der Waals surface area contributed by atoms with Crippen molar-refractivity contribution in [2.75, 3.05) is 31.1 Å². The summed E-state index contributed by atoms with van der Waals surface area (Å²) in [5.74, 6) is -0.0892. The highest BCUT2D eigenvalue weighted by molar-refractivity contribution is 6.33. The van der Waals surface area contributed by atoms with Crippen LogP contribution in [-0.2, 0) is 7.05 Å². The minimum atomic E-state index is -0.0892.